The van der Waals surface area contributed by atoms with Crippen LogP contribution in [0.15, 0.2) is 78.9 Å². The topological polar surface area (TPSA) is 12.5 Å². The maximum Gasteiger partial charge on any atom is 0.324 e. The van der Waals surface area contributed by atoms with Crippen molar-refractivity contribution in [3.63, 3.8) is 0 Å². The average Bonchev–Trinajstić information content (AvgIpc) is 3.03. The predicted molar refractivity (Wildman–Crippen MR) is 105 cm³/mol. The van der Waals surface area contributed by atoms with Gasteiger partial charge in [0.15, 0.2) is 0 Å². The van der Waals surface area contributed by atoms with Crippen LogP contribution >= 0.6 is 0 Å². The molecule has 1 heterocycles. The van der Waals surface area contributed by atoms with Crippen molar-refractivity contribution < 1.29 is 4.65 Å². The summed E-state index contributed by atoms with van der Waals surface area (Å²) < 4.78 is 5.78. The quantitative estimate of drug-likeness (QED) is 0.650. The second-order valence-corrected chi connectivity index (χ2v) is 6.66. The molecule has 1 aliphatic rings. The molecular weight excluding hydrogens is 305 g/mol. The Hall–Kier alpha value is -2.52. The first-order chi connectivity index (χ1) is 12.3. The van der Waals surface area contributed by atoms with E-state index in [1.54, 1.807) is 0 Å². The SMILES string of the molecule is CB1OCc2ccc(N(Cc3ccccc3)Cc3ccccc3)cc21. The third-order valence-electron chi connectivity index (χ3n) is 4.85. The van der Waals surface area contributed by atoms with Crippen molar-refractivity contribution >= 4 is 18.1 Å². The maximum absolute atomic E-state index is 5.78. The highest BCUT2D eigenvalue weighted by Crippen LogP contribution is 2.23. The van der Waals surface area contributed by atoms with Crippen LogP contribution in [0.1, 0.15) is 16.7 Å². The highest BCUT2D eigenvalue weighted by Gasteiger charge is 2.24. The van der Waals surface area contributed by atoms with Gasteiger partial charge in [-0.2, -0.15) is 0 Å². The van der Waals surface area contributed by atoms with Crippen molar-refractivity contribution in [3.05, 3.63) is 95.6 Å². The minimum Gasteiger partial charge on any atom is -0.427 e. The Morgan fingerprint density at radius 1 is 0.840 bits per heavy atom. The Balaban J connectivity index is 1.66. The predicted octanol–water partition coefficient (Wildman–Crippen LogP) is 4.25. The van der Waals surface area contributed by atoms with Gasteiger partial charge in [0.1, 0.15) is 0 Å². The molecule has 0 bridgehead atoms. The first-order valence-electron chi connectivity index (χ1n) is 8.87. The van der Waals surface area contributed by atoms with E-state index >= 15 is 0 Å². The smallest absolute Gasteiger partial charge is 0.324 e. The molecule has 0 aliphatic carbocycles. The lowest BCUT2D eigenvalue weighted by atomic mass is 9.64. The zero-order chi connectivity index (χ0) is 17.1. The largest absolute Gasteiger partial charge is 0.427 e. The highest BCUT2D eigenvalue weighted by molar-refractivity contribution is 6.67. The van der Waals surface area contributed by atoms with Crippen LogP contribution in [-0.2, 0) is 24.4 Å². The highest BCUT2D eigenvalue weighted by atomic mass is 16.4. The summed E-state index contributed by atoms with van der Waals surface area (Å²) >= 11 is 0. The number of nitrogens with zero attached hydrogens (tertiary/aromatic N) is 1. The second-order valence-electron chi connectivity index (χ2n) is 6.66. The second kappa shape index (κ2) is 7.16. The maximum atomic E-state index is 5.78. The number of hydrogen-bond donors (Lipinski definition) is 0. The summed E-state index contributed by atoms with van der Waals surface area (Å²) in [7, 11) is 0. The number of fused-ring (bicyclic) bond motifs is 1. The molecule has 124 valence electrons. The summed E-state index contributed by atoms with van der Waals surface area (Å²) in [4.78, 5) is 2.44. The van der Waals surface area contributed by atoms with Crippen LogP contribution in [-0.4, -0.2) is 6.92 Å². The van der Waals surface area contributed by atoms with Gasteiger partial charge >= 0.3 is 6.92 Å². The summed E-state index contributed by atoms with van der Waals surface area (Å²) in [5.74, 6) is 0. The van der Waals surface area contributed by atoms with E-state index in [-0.39, 0.29) is 6.92 Å². The number of anilines is 1. The van der Waals surface area contributed by atoms with Gasteiger partial charge in [0.25, 0.3) is 0 Å². The summed E-state index contributed by atoms with van der Waals surface area (Å²) in [5.41, 5.74) is 6.54. The number of rotatable bonds is 5. The fourth-order valence-corrected chi connectivity index (χ4v) is 3.44. The molecule has 0 radical (unpaired) electrons. The molecule has 0 unspecified atom stereocenters. The number of hydrogen-bond acceptors (Lipinski definition) is 2. The van der Waals surface area contributed by atoms with Crippen LogP contribution in [0.4, 0.5) is 5.69 Å². The van der Waals surface area contributed by atoms with Crippen molar-refractivity contribution in [2.75, 3.05) is 4.90 Å². The van der Waals surface area contributed by atoms with Gasteiger partial charge < -0.3 is 9.55 Å². The Kier molecular flexibility index (Phi) is 4.58. The van der Waals surface area contributed by atoms with E-state index in [1.807, 2.05) is 0 Å². The summed E-state index contributed by atoms with van der Waals surface area (Å²) in [6, 6.07) is 28.1. The molecule has 3 aromatic rings. The molecule has 0 saturated heterocycles. The van der Waals surface area contributed by atoms with Crippen LogP contribution in [0.3, 0.4) is 0 Å². The van der Waals surface area contributed by atoms with Gasteiger partial charge in [0.2, 0.25) is 0 Å². The van der Waals surface area contributed by atoms with Gasteiger partial charge in [-0.1, -0.05) is 73.6 Å². The lowest BCUT2D eigenvalue weighted by Crippen LogP contribution is -2.27. The molecule has 0 spiro atoms. The van der Waals surface area contributed by atoms with Gasteiger partial charge in [-0.25, -0.2) is 0 Å². The molecule has 2 nitrogen and oxygen atoms in total. The molecule has 0 aromatic heterocycles. The van der Waals surface area contributed by atoms with Gasteiger partial charge in [-0.15, -0.1) is 0 Å². The Morgan fingerprint density at radius 3 is 2.04 bits per heavy atom. The molecule has 3 aromatic carbocycles. The number of benzene rings is 3. The fourth-order valence-electron chi connectivity index (χ4n) is 3.44. The minimum absolute atomic E-state index is 0.185. The van der Waals surface area contributed by atoms with Crippen molar-refractivity contribution in [2.45, 2.75) is 26.5 Å². The first kappa shape index (κ1) is 16.0. The summed E-state index contributed by atoms with van der Waals surface area (Å²) in [6.07, 6.45) is 0. The fraction of sp³-hybridized carbons (Fsp3) is 0.182. The summed E-state index contributed by atoms with van der Waals surface area (Å²) in [6.45, 7) is 4.83. The monoisotopic (exact) mass is 327 g/mol. The van der Waals surface area contributed by atoms with E-state index < -0.39 is 0 Å². The van der Waals surface area contributed by atoms with Crippen LogP contribution in [0.5, 0.6) is 0 Å². The molecule has 25 heavy (non-hydrogen) atoms. The van der Waals surface area contributed by atoms with E-state index in [9.17, 15) is 0 Å². The third kappa shape index (κ3) is 3.62. The van der Waals surface area contributed by atoms with E-state index in [4.69, 9.17) is 4.65 Å². The van der Waals surface area contributed by atoms with Crippen molar-refractivity contribution in [3.8, 4) is 0 Å². The van der Waals surface area contributed by atoms with Gasteiger partial charge in [0.05, 0.1) is 6.61 Å². The van der Waals surface area contributed by atoms with Crippen molar-refractivity contribution in [2.24, 2.45) is 0 Å². The molecule has 0 fully saturated rings. The van der Waals surface area contributed by atoms with Gasteiger partial charge in [0, 0.05) is 18.8 Å². The van der Waals surface area contributed by atoms with Gasteiger partial charge in [-0.05, 0) is 34.3 Å². The molecule has 0 saturated carbocycles. The zero-order valence-corrected chi connectivity index (χ0v) is 14.6. The molecular formula is C22H22BNO. The van der Waals surface area contributed by atoms with E-state index in [0.29, 0.717) is 0 Å². The molecule has 0 amide bonds. The van der Waals surface area contributed by atoms with Crippen LogP contribution in [0.2, 0.25) is 6.82 Å². The van der Waals surface area contributed by atoms with Crippen LogP contribution in [0.25, 0.3) is 0 Å². The molecule has 0 atom stereocenters. The van der Waals surface area contributed by atoms with E-state index in [0.717, 1.165) is 19.7 Å². The van der Waals surface area contributed by atoms with Crippen LogP contribution < -0.4 is 10.4 Å². The summed E-state index contributed by atoms with van der Waals surface area (Å²) in [5, 5.41) is 0. The van der Waals surface area contributed by atoms with E-state index in [1.165, 1.54) is 27.8 Å². The molecule has 4 rings (SSSR count). The van der Waals surface area contributed by atoms with Crippen LogP contribution in [0, 0.1) is 0 Å². The normalized spacial score (nSPS) is 12.9. The zero-order valence-electron chi connectivity index (χ0n) is 14.6. The van der Waals surface area contributed by atoms with Crippen molar-refractivity contribution in [1.29, 1.82) is 0 Å². The van der Waals surface area contributed by atoms with Gasteiger partial charge in [-0.3, -0.25) is 0 Å². The lowest BCUT2D eigenvalue weighted by molar-refractivity contribution is 0.333. The molecule has 3 heteroatoms. The average molecular weight is 327 g/mol. The van der Waals surface area contributed by atoms with Crippen molar-refractivity contribution in [1.82, 2.24) is 0 Å². The molecule has 0 N–H and O–H groups in total. The first-order valence-corrected chi connectivity index (χ1v) is 8.87. The lowest BCUT2D eigenvalue weighted by Gasteiger charge is -2.26. The minimum atomic E-state index is 0.185. The van der Waals surface area contributed by atoms with E-state index in [2.05, 4.69) is 90.6 Å². The Bertz CT molecular complexity index is 794. The Morgan fingerprint density at radius 2 is 1.44 bits per heavy atom. The standard InChI is InChI=1S/C22H22BNO/c1-23-22-14-21(13-12-20(22)17-25-23)24(15-18-8-4-2-5-9-18)16-19-10-6-3-7-11-19/h2-14H,15-17H2,1H3. The molecule has 1 aliphatic heterocycles. The third-order valence-corrected chi connectivity index (χ3v) is 4.85. The Labute approximate surface area is 150 Å².